The van der Waals surface area contributed by atoms with E-state index in [-0.39, 0.29) is 12.3 Å². The van der Waals surface area contributed by atoms with Gasteiger partial charge in [-0.15, -0.1) is 0 Å². The molecule has 0 spiro atoms. The van der Waals surface area contributed by atoms with E-state index in [2.05, 4.69) is 26.4 Å². The van der Waals surface area contributed by atoms with Crippen molar-refractivity contribution in [3.8, 4) is 11.4 Å². The molecule has 1 heterocycles. The minimum Gasteiger partial charge on any atom is -0.488 e. The number of ether oxygens (including phenoxy) is 1. The van der Waals surface area contributed by atoms with Crippen LogP contribution in [0.2, 0.25) is 5.02 Å². The molecule has 0 aliphatic heterocycles. The van der Waals surface area contributed by atoms with Crippen LogP contribution in [0.4, 0.5) is 0 Å². The first kappa shape index (κ1) is 17.7. The first-order chi connectivity index (χ1) is 11.9. The van der Waals surface area contributed by atoms with E-state index in [1.54, 1.807) is 19.2 Å². The van der Waals surface area contributed by atoms with Gasteiger partial charge in [-0.25, -0.2) is 4.79 Å². The molecule has 0 fully saturated rings. The maximum absolute atomic E-state index is 12.2. The van der Waals surface area contributed by atoms with Crippen molar-refractivity contribution in [2.75, 3.05) is 0 Å². The van der Waals surface area contributed by atoms with Gasteiger partial charge in [-0.1, -0.05) is 39.7 Å². The number of nitrogens with zero attached hydrogens (tertiary/aromatic N) is 4. The van der Waals surface area contributed by atoms with Gasteiger partial charge in [0.25, 0.3) is 0 Å². The van der Waals surface area contributed by atoms with E-state index in [0.29, 0.717) is 16.5 Å². The minimum absolute atomic E-state index is 0.250. The lowest BCUT2D eigenvalue weighted by molar-refractivity contribution is 0.302. The summed E-state index contributed by atoms with van der Waals surface area (Å²) in [6, 6.07) is 9.30. The Balaban J connectivity index is 1.97. The van der Waals surface area contributed by atoms with Gasteiger partial charge < -0.3 is 4.74 Å². The zero-order valence-corrected chi connectivity index (χ0v) is 16.3. The number of tetrazole rings is 1. The Bertz CT molecular complexity index is 997. The number of hydrogen-bond donors (Lipinski definition) is 0. The smallest absolute Gasteiger partial charge is 0.368 e. The topological polar surface area (TPSA) is 61.9 Å². The van der Waals surface area contributed by atoms with E-state index in [4.69, 9.17) is 16.3 Å². The van der Waals surface area contributed by atoms with Crippen LogP contribution in [0.15, 0.2) is 39.6 Å². The molecular formula is C17H16BrClN4O2. The van der Waals surface area contributed by atoms with Crippen LogP contribution in [0.3, 0.4) is 0 Å². The van der Waals surface area contributed by atoms with Gasteiger partial charge in [0.1, 0.15) is 12.4 Å². The lowest BCUT2D eigenvalue weighted by atomic mass is 10.1. The molecule has 8 heteroatoms. The fraction of sp³-hybridized carbons (Fsp3) is 0.235. The molecule has 130 valence electrons. The number of halogens is 2. The van der Waals surface area contributed by atoms with Crippen LogP contribution in [0.5, 0.6) is 5.75 Å². The summed E-state index contributed by atoms with van der Waals surface area (Å²) in [6.07, 6.45) is 0. The summed E-state index contributed by atoms with van der Waals surface area (Å²) >= 11 is 9.71. The Morgan fingerprint density at radius 3 is 2.64 bits per heavy atom. The number of aromatic nitrogens is 4. The first-order valence-corrected chi connectivity index (χ1v) is 8.72. The van der Waals surface area contributed by atoms with E-state index in [9.17, 15) is 4.79 Å². The normalized spacial score (nSPS) is 10.9. The Morgan fingerprint density at radius 1 is 1.20 bits per heavy atom. The Hall–Kier alpha value is -2.12. The highest BCUT2D eigenvalue weighted by Crippen LogP contribution is 2.29. The van der Waals surface area contributed by atoms with Gasteiger partial charge >= 0.3 is 5.69 Å². The summed E-state index contributed by atoms with van der Waals surface area (Å²) in [5.74, 6) is 0.698. The molecule has 0 aliphatic rings. The molecule has 0 saturated heterocycles. The Kier molecular flexibility index (Phi) is 4.96. The third kappa shape index (κ3) is 3.48. The highest BCUT2D eigenvalue weighted by Gasteiger charge is 2.15. The SMILES string of the molecule is Cc1cc(C)c(OCc2c(Br)cccc2-n2nnn(C)c2=O)cc1Cl. The van der Waals surface area contributed by atoms with Crippen LogP contribution in [0.25, 0.3) is 5.69 Å². The fourth-order valence-electron chi connectivity index (χ4n) is 2.47. The molecule has 1 aromatic heterocycles. The molecule has 25 heavy (non-hydrogen) atoms. The minimum atomic E-state index is -0.325. The van der Waals surface area contributed by atoms with Gasteiger partial charge in [-0.3, -0.25) is 0 Å². The fourth-order valence-corrected chi connectivity index (χ4v) is 3.09. The first-order valence-electron chi connectivity index (χ1n) is 7.55. The van der Waals surface area contributed by atoms with Gasteiger partial charge in [0.2, 0.25) is 0 Å². The molecule has 0 N–H and O–H groups in total. The second-order valence-corrected chi connectivity index (χ2v) is 6.95. The van der Waals surface area contributed by atoms with Crippen molar-refractivity contribution < 1.29 is 4.74 Å². The quantitative estimate of drug-likeness (QED) is 0.643. The highest BCUT2D eigenvalue weighted by molar-refractivity contribution is 9.10. The average molecular weight is 424 g/mol. The van der Waals surface area contributed by atoms with Crippen LogP contribution >= 0.6 is 27.5 Å². The number of aryl methyl sites for hydroxylation is 3. The summed E-state index contributed by atoms with van der Waals surface area (Å²) < 4.78 is 9.21. The highest BCUT2D eigenvalue weighted by atomic mass is 79.9. The lowest BCUT2D eigenvalue weighted by Gasteiger charge is -2.14. The second kappa shape index (κ2) is 7.01. The van der Waals surface area contributed by atoms with Gasteiger partial charge in [-0.05, 0) is 53.6 Å². The van der Waals surface area contributed by atoms with E-state index in [1.165, 1.54) is 9.36 Å². The number of rotatable bonds is 4. The molecule has 3 rings (SSSR count). The van der Waals surface area contributed by atoms with Crippen molar-refractivity contribution in [3.05, 3.63) is 67.0 Å². The number of benzene rings is 2. The van der Waals surface area contributed by atoms with Crippen molar-refractivity contribution in [1.29, 1.82) is 0 Å². The molecule has 0 unspecified atom stereocenters. The van der Waals surface area contributed by atoms with Gasteiger partial charge in [0, 0.05) is 22.1 Å². The van der Waals surface area contributed by atoms with E-state index >= 15 is 0 Å². The summed E-state index contributed by atoms with van der Waals surface area (Å²) in [5.41, 5.74) is 3.07. The largest absolute Gasteiger partial charge is 0.488 e. The molecule has 2 aromatic carbocycles. The molecule has 0 saturated carbocycles. The lowest BCUT2D eigenvalue weighted by Crippen LogP contribution is -2.23. The van der Waals surface area contributed by atoms with Crippen molar-refractivity contribution in [2.45, 2.75) is 20.5 Å². The van der Waals surface area contributed by atoms with Crippen LogP contribution < -0.4 is 10.4 Å². The zero-order valence-electron chi connectivity index (χ0n) is 14.0. The predicted octanol–water partition coefficient (Wildman–Crippen LogP) is 3.58. The summed E-state index contributed by atoms with van der Waals surface area (Å²) in [4.78, 5) is 12.2. The number of hydrogen-bond acceptors (Lipinski definition) is 4. The molecule has 3 aromatic rings. The third-order valence-corrected chi connectivity index (χ3v) is 5.02. The van der Waals surface area contributed by atoms with Crippen LogP contribution in [0.1, 0.15) is 16.7 Å². The predicted molar refractivity (Wildman–Crippen MR) is 99.6 cm³/mol. The molecule has 0 bridgehead atoms. The monoisotopic (exact) mass is 422 g/mol. The van der Waals surface area contributed by atoms with Gasteiger partial charge in [0.05, 0.1) is 5.69 Å². The molecular weight excluding hydrogens is 408 g/mol. The zero-order chi connectivity index (χ0) is 18.1. The molecule has 0 amide bonds. The van der Waals surface area contributed by atoms with Crippen LogP contribution in [-0.2, 0) is 13.7 Å². The maximum atomic E-state index is 12.2. The van der Waals surface area contributed by atoms with Crippen molar-refractivity contribution in [1.82, 2.24) is 19.8 Å². The van der Waals surface area contributed by atoms with Crippen LogP contribution in [0, 0.1) is 13.8 Å². The second-order valence-electron chi connectivity index (χ2n) is 5.69. The third-order valence-electron chi connectivity index (χ3n) is 3.87. The van der Waals surface area contributed by atoms with Gasteiger partial charge in [-0.2, -0.15) is 9.36 Å². The molecule has 6 nitrogen and oxygen atoms in total. The van der Waals surface area contributed by atoms with E-state index in [0.717, 1.165) is 21.2 Å². The molecule has 0 aliphatic carbocycles. The van der Waals surface area contributed by atoms with Crippen molar-refractivity contribution >= 4 is 27.5 Å². The summed E-state index contributed by atoms with van der Waals surface area (Å²) in [5, 5.41) is 8.32. The Morgan fingerprint density at radius 2 is 1.96 bits per heavy atom. The Labute approximate surface area is 158 Å². The van der Waals surface area contributed by atoms with Crippen molar-refractivity contribution in [2.24, 2.45) is 7.05 Å². The van der Waals surface area contributed by atoms with E-state index in [1.807, 2.05) is 32.0 Å². The molecule has 0 atom stereocenters. The van der Waals surface area contributed by atoms with Crippen molar-refractivity contribution in [3.63, 3.8) is 0 Å². The summed E-state index contributed by atoms with van der Waals surface area (Å²) in [7, 11) is 1.55. The maximum Gasteiger partial charge on any atom is 0.368 e. The molecule has 0 radical (unpaired) electrons. The average Bonchev–Trinajstić information content (AvgIpc) is 2.90. The standard InChI is InChI=1S/C17H16BrClN4O2/c1-10-7-11(2)16(8-14(10)19)25-9-12-13(18)5-4-6-15(12)23-17(24)22(3)20-21-23/h4-8H,9H2,1-3H3. The van der Waals surface area contributed by atoms with E-state index < -0.39 is 0 Å². The summed E-state index contributed by atoms with van der Waals surface area (Å²) in [6.45, 7) is 4.16. The van der Waals surface area contributed by atoms with Gasteiger partial charge in [0.15, 0.2) is 0 Å². The van der Waals surface area contributed by atoms with Crippen LogP contribution in [-0.4, -0.2) is 19.8 Å².